The minimum absolute atomic E-state index is 0.0102. The fourth-order valence-corrected chi connectivity index (χ4v) is 3.19. The molecule has 0 aliphatic carbocycles. The summed E-state index contributed by atoms with van der Waals surface area (Å²) in [7, 11) is 0. The summed E-state index contributed by atoms with van der Waals surface area (Å²) in [6.07, 6.45) is -0.610. The number of nitrogens with one attached hydrogen (secondary N) is 1. The molecule has 0 heterocycles. The van der Waals surface area contributed by atoms with Gasteiger partial charge in [0.2, 0.25) is 0 Å². The van der Waals surface area contributed by atoms with E-state index in [4.69, 9.17) is 14.2 Å². The molecule has 1 N–H and O–H groups in total. The van der Waals surface area contributed by atoms with Crippen LogP contribution >= 0.6 is 15.9 Å². The zero-order chi connectivity index (χ0) is 22.1. The molecule has 2 aromatic rings. The Morgan fingerprint density at radius 3 is 2.40 bits per heavy atom. The van der Waals surface area contributed by atoms with Gasteiger partial charge < -0.3 is 19.5 Å². The van der Waals surface area contributed by atoms with Gasteiger partial charge in [-0.1, -0.05) is 36.4 Å². The van der Waals surface area contributed by atoms with Crippen molar-refractivity contribution in [1.29, 1.82) is 0 Å². The number of hydrogen-bond donors (Lipinski definition) is 1. The van der Waals surface area contributed by atoms with E-state index in [-0.39, 0.29) is 13.0 Å². The summed E-state index contributed by atoms with van der Waals surface area (Å²) >= 11 is 3.52. The van der Waals surface area contributed by atoms with Crippen LogP contribution < -0.4 is 10.1 Å². The van der Waals surface area contributed by atoms with Crippen LogP contribution in [0.4, 0.5) is 4.79 Å². The molecule has 1 amide bonds. The Balaban J connectivity index is 2.14. The number of benzene rings is 2. The normalized spacial score (nSPS) is 12.0. The van der Waals surface area contributed by atoms with Gasteiger partial charge in [0.1, 0.15) is 18.0 Å². The number of esters is 1. The molecule has 0 radical (unpaired) electrons. The third kappa shape index (κ3) is 8.06. The van der Waals surface area contributed by atoms with Crippen LogP contribution in [0.1, 0.15) is 51.3 Å². The number of halogens is 1. The maximum Gasteiger partial charge on any atom is 0.408 e. The molecule has 0 aromatic heterocycles. The van der Waals surface area contributed by atoms with E-state index in [0.29, 0.717) is 12.4 Å². The van der Waals surface area contributed by atoms with Crippen molar-refractivity contribution in [2.75, 3.05) is 6.61 Å². The van der Waals surface area contributed by atoms with E-state index >= 15 is 0 Å². The van der Waals surface area contributed by atoms with Crippen molar-refractivity contribution < 1.29 is 23.8 Å². The monoisotopic (exact) mass is 477 g/mol. The Morgan fingerprint density at radius 1 is 1.10 bits per heavy atom. The van der Waals surface area contributed by atoms with E-state index in [1.54, 1.807) is 33.8 Å². The van der Waals surface area contributed by atoms with E-state index in [1.807, 2.05) is 42.5 Å². The molecule has 0 fully saturated rings. The Hall–Kier alpha value is -2.54. The van der Waals surface area contributed by atoms with Crippen LogP contribution in [0, 0.1) is 0 Å². The van der Waals surface area contributed by atoms with Crippen LogP contribution in [-0.4, -0.2) is 24.3 Å². The fraction of sp³-hybridized carbons (Fsp3) is 0.391. The van der Waals surface area contributed by atoms with E-state index in [2.05, 4.69) is 21.2 Å². The van der Waals surface area contributed by atoms with Crippen LogP contribution in [-0.2, 0) is 20.9 Å². The fourth-order valence-electron chi connectivity index (χ4n) is 2.67. The molecule has 0 spiro atoms. The van der Waals surface area contributed by atoms with Gasteiger partial charge in [0, 0.05) is 0 Å². The predicted octanol–water partition coefficient (Wildman–Crippen LogP) is 5.55. The molecule has 30 heavy (non-hydrogen) atoms. The van der Waals surface area contributed by atoms with Gasteiger partial charge in [-0.3, -0.25) is 4.79 Å². The second kappa shape index (κ2) is 11.0. The van der Waals surface area contributed by atoms with Gasteiger partial charge in [-0.05, 0) is 66.9 Å². The van der Waals surface area contributed by atoms with E-state index in [0.717, 1.165) is 15.6 Å². The molecule has 0 saturated carbocycles. The highest BCUT2D eigenvalue weighted by molar-refractivity contribution is 9.10. The standard InChI is InChI=1S/C23H28BrNO5/c1-5-28-21(26)14-19(25-22(27)30-23(2,3)4)17-11-12-20(18(24)13-17)29-15-16-9-7-6-8-10-16/h6-13,19H,5,14-15H2,1-4H3,(H,25,27). The first-order valence-electron chi connectivity index (χ1n) is 9.79. The van der Waals surface area contributed by atoms with Crippen LogP contribution in [0.25, 0.3) is 0 Å². The lowest BCUT2D eigenvalue weighted by atomic mass is 10.0. The maximum atomic E-state index is 12.3. The third-order valence-electron chi connectivity index (χ3n) is 3.96. The summed E-state index contributed by atoms with van der Waals surface area (Å²) in [6, 6.07) is 14.7. The molecule has 0 saturated heterocycles. The minimum atomic E-state index is -0.645. The molecule has 0 aliphatic heterocycles. The first kappa shape index (κ1) is 23.7. The van der Waals surface area contributed by atoms with E-state index in [9.17, 15) is 9.59 Å². The van der Waals surface area contributed by atoms with Crippen molar-refractivity contribution in [3.8, 4) is 5.75 Å². The first-order chi connectivity index (χ1) is 14.2. The van der Waals surface area contributed by atoms with Crippen molar-refractivity contribution >= 4 is 28.0 Å². The molecule has 2 rings (SSSR count). The molecule has 1 unspecified atom stereocenters. The lowest BCUT2D eigenvalue weighted by Gasteiger charge is -2.24. The minimum Gasteiger partial charge on any atom is -0.488 e. The molecule has 7 heteroatoms. The molecule has 0 aliphatic rings. The highest BCUT2D eigenvalue weighted by atomic mass is 79.9. The van der Waals surface area contributed by atoms with Crippen LogP contribution in [0.5, 0.6) is 5.75 Å². The first-order valence-corrected chi connectivity index (χ1v) is 10.6. The van der Waals surface area contributed by atoms with Gasteiger partial charge in [-0.25, -0.2) is 4.79 Å². The van der Waals surface area contributed by atoms with Gasteiger partial charge >= 0.3 is 12.1 Å². The molecular formula is C23H28BrNO5. The summed E-state index contributed by atoms with van der Waals surface area (Å²) in [6.45, 7) is 7.78. The van der Waals surface area contributed by atoms with Crippen molar-refractivity contribution in [1.82, 2.24) is 5.32 Å². The van der Waals surface area contributed by atoms with Crippen LogP contribution in [0.15, 0.2) is 53.0 Å². The van der Waals surface area contributed by atoms with Gasteiger partial charge in [-0.15, -0.1) is 0 Å². The highest BCUT2D eigenvalue weighted by Crippen LogP contribution is 2.30. The van der Waals surface area contributed by atoms with Gasteiger partial charge in [0.05, 0.1) is 23.5 Å². The van der Waals surface area contributed by atoms with E-state index in [1.165, 1.54) is 0 Å². The summed E-state index contributed by atoms with van der Waals surface area (Å²) < 4.78 is 17.0. The number of carbonyl (C=O) groups is 2. The summed E-state index contributed by atoms with van der Waals surface area (Å²) in [5, 5.41) is 2.76. The lowest BCUT2D eigenvalue weighted by Crippen LogP contribution is -2.36. The second-order valence-electron chi connectivity index (χ2n) is 7.67. The average molecular weight is 478 g/mol. The zero-order valence-corrected chi connectivity index (χ0v) is 19.3. The molecule has 162 valence electrons. The second-order valence-corrected chi connectivity index (χ2v) is 8.53. The number of amides is 1. The topological polar surface area (TPSA) is 73.9 Å². The van der Waals surface area contributed by atoms with E-state index < -0.39 is 23.7 Å². The number of rotatable bonds is 8. The molecule has 2 aromatic carbocycles. The van der Waals surface area contributed by atoms with Crippen molar-refractivity contribution in [3.05, 3.63) is 64.1 Å². The van der Waals surface area contributed by atoms with Crippen LogP contribution in [0.2, 0.25) is 0 Å². The number of carbonyl (C=O) groups excluding carboxylic acids is 2. The quantitative estimate of drug-likeness (QED) is 0.504. The number of ether oxygens (including phenoxy) is 3. The largest absolute Gasteiger partial charge is 0.488 e. The summed E-state index contributed by atoms with van der Waals surface area (Å²) in [4.78, 5) is 24.3. The molecule has 0 bridgehead atoms. The lowest BCUT2D eigenvalue weighted by molar-refractivity contribution is -0.143. The highest BCUT2D eigenvalue weighted by Gasteiger charge is 2.24. The molecular weight excluding hydrogens is 450 g/mol. The zero-order valence-electron chi connectivity index (χ0n) is 17.7. The van der Waals surface area contributed by atoms with Gasteiger partial charge in [0.25, 0.3) is 0 Å². The Bertz CT molecular complexity index is 848. The van der Waals surface area contributed by atoms with Crippen LogP contribution in [0.3, 0.4) is 0 Å². The Morgan fingerprint density at radius 2 is 1.80 bits per heavy atom. The smallest absolute Gasteiger partial charge is 0.408 e. The molecule has 6 nitrogen and oxygen atoms in total. The maximum absolute atomic E-state index is 12.3. The Labute approximate surface area is 186 Å². The van der Waals surface area contributed by atoms with Crippen molar-refractivity contribution in [3.63, 3.8) is 0 Å². The SMILES string of the molecule is CCOC(=O)CC(NC(=O)OC(C)(C)C)c1ccc(OCc2ccccc2)c(Br)c1. The van der Waals surface area contributed by atoms with Crippen molar-refractivity contribution in [2.24, 2.45) is 0 Å². The predicted molar refractivity (Wildman–Crippen MR) is 118 cm³/mol. The number of alkyl carbamates (subject to hydrolysis) is 1. The average Bonchev–Trinajstić information content (AvgIpc) is 2.66. The van der Waals surface area contributed by atoms with Crippen molar-refractivity contribution in [2.45, 2.75) is 52.4 Å². The molecule has 1 atom stereocenters. The van der Waals surface area contributed by atoms with Gasteiger partial charge in [-0.2, -0.15) is 0 Å². The number of hydrogen-bond acceptors (Lipinski definition) is 5. The summed E-state index contributed by atoms with van der Waals surface area (Å²) in [5.74, 6) is 0.258. The van der Waals surface area contributed by atoms with Gasteiger partial charge in [0.15, 0.2) is 0 Å². The summed E-state index contributed by atoms with van der Waals surface area (Å²) in [5.41, 5.74) is 1.14. The third-order valence-corrected chi connectivity index (χ3v) is 4.58. The Kier molecular flexibility index (Phi) is 8.72.